The van der Waals surface area contributed by atoms with Gasteiger partial charge in [-0.05, 0) is 92.6 Å². The number of imidazole rings is 1. The van der Waals surface area contributed by atoms with Crippen LogP contribution in [0, 0.1) is 11.7 Å². The fourth-order valence-electron chi connectivity index (χ4n) is 5.72. The lowest BCUT2D eigenvalue weighted by atomic mass is 10.0. The SMILES string of the molecule is CCc1nc2ccc(Cl)cn2c1C(=O)CCc1ccc(N2CCN(c3ccc(OCC4CC4)cc3)[C@@H](C)C2)cc1F. The molecule has 2 aromatic heterocycles. The van der Waals surface area contributed by atoms with Gasteiger partial charge in [0.1, 0.15) is 22.9 Å². The summed E-state index contributed by atoms with van der Waals surface area (Å²) in [4.78, 5) is 22.4. The molecule has 2 fully saturated rings. The van der Waals surface area contributed by atoms with Gasteiger partial charge in [-0.1, -0.05) is 24.6 Å². The van der Waals surface area contributed by atoms with Gasteiger partial charge in [0.2, 0.25) is 0 Å². The van der Waals surface area contributed by atoms with Crippen LogP contribution >= 0.6 is 11.6 Å². The number of nitrogens with zero attached hydrogens (tertiary/aromatic N) is 4. The lowest BCUT2D eigenvalue weighted by Crippen LogP contribution is -2.52. The maximum Gasteiger partial charge on any atom is 0.181 e. The number of carbonyl (C=O) groups excluding carboxylic acids is 1. The molecule has 1 saturated heterocycles. The van der Waals surface area contributed by atoms with E-state index in [9.17, 15) is 4.79 Å². The van der Waals surface area contributed by atoms with Gasteiger partial charge in [0.25, 0.3) is 0 Å². The molecule has 6 rings (SSSR count). The van der Waals surface area contributed by atoms with Gasteiger partial charge in [0.15, 0.2) is 5.78 Å². The minimum atomic E-state index is -0.274. The first-order valence-corrected chi connectivity index (χ1v) is 15.0. The number of aryl methyl sites for hydroxylation is 2. The molecule has 0 bridgehead atoms. The van der Waals surface area contributed by atoms with Crippen molar-refractivity contribution in [3.05, 3.63) is 88.6 Å². The van der Waals surface area contributed by atoms with E-state index in [1.54, 1.807) is 28.8 Å². The number of Topliss-reactive ketones (excluding diaryl/α,β-unsaturated/α-hetero) is 1. The Morgan fingerprint density at radius 2 is 1.85 bits per heavy atom. The third-order valence-electron chi connectivity index (χ3n) is 8.26. The smallest absolute Gasteiger partial charge is 0.181 e. The zero-order valence-electron chi connectivity index (χ0n) is 23.7. The Balaban J connectivity index is 1.07. The summed E-state index contributed by atoms with van der Waals surface area (Å²) in [7, 11) is 0. The van der Waals surface area contributed by atoms with Gasteiger partial charge < -0.3 is 14.5 Å². The molecular formula is C33H36ClFN4O2. The molecule has 0 amide bonds. The van der Waals surface area contributed by atoms with E-state index >= 15 is 4.39 Å². The summed E-state index contributed by atoms with van der Waals surface area (Å²) < 4.78 is 22.9. The molecule has 41 heavy (non-hydrogen) atoms. The Hall–Kier alpha value is -3.58. The van der Waals surface area contributed by atoms with Crippen molar-refractivity contribution < 1.29 is 13.9 Å². The van der Waals surface area contributed by atoms with Crippen LogP contribution in [-0.2, 0) is 12.8 Å². The first kappa shape index (κ1) is 27.6. The highest BCUT2D eigenvalue weighted by Gasteiger charge is 2.26. The van der Waals surface area contributed by atoms with E-state index in [0.717, 1.165) is 49.3 Å². The molecular weight excluding hydrogens is 539 g/mol. The quantitative estimate of drug-likeness (QED) is 0.191. The fraction of sp³-hybridized carbons (Fsp3) is 0.394. The van der Waals surface area contributed by atoms with Gasteiger partial charge in [-0.25, -0.2) is 9.37 Å². The molecule has 1 aliphatic carbocycles. The topological polar surface area (TPSA) is 50.1 Å². The number of ketones is 1. The summed E-state index contributed by atoms with van der Waals surface area (Å²) in [5.41, 5.74) is 4.56. The predicted molar refractivity (Wildman–Crippen MR) is 162 cm³/mol. The number of aromatic nitrogens is 2. The van der Waals surface area contributed by atoms with Crippen molar-refractivity contribution in [3.63, 3.8) is 0 Å². The van der Waals surface area contributed by atoms with Crippen molar-refractivity contribution >= 4 is 34.4 Å². The number of fused-ring (bicyclic) bond motifs is 1. The van der Waals surface area contributed by atoms with Crippen LogP contribution in [0.1, 0.15) is 54.9 Å². The molecule has 2 aliphatic rings. The number of hydrogen-bond donors (Lipinski definition) is 0. The second kappa shape index (κ2) is 11.7. The third kappa shape index (κ3) is 6.05. The molecule has 0 radical (unpaired) electrons. The molecule has 3 heterocycles. The number of halogens is 2. The summed E-state index contributed by atoms with van der Waals surface area (Å²) in [6.07, 6.45) is 5.44. The van der Waals surface area contributed by atoms with E-state index in [4.69, 9.17) is 16.3 Å². The molecule has 2 aromatic carbocycles. The average molecular weight is 575 g/mol. The van der Waals surface area contributed by atoms with Gasteiger partial charge in [-0.3, -0.25) is 9.20 Å². The summed E-state index contributed by atoms with van der Waals surface area (Å²) in [5, 5.41) is 0.537. The van der Waals surface area contributed by atoms with Crippen molar-refractivity contribution in [1.29, 1.82) is 0 Å². The van der Waals surface area contributed by atoms with Crippen LogP contribution < -0.4 is 14.5 Å². The molecule has 1 atom stereocenters. The van der Waals surface area contributed by atoms with Crippen molar-refractivity contribution in [3.8, 4) is 5.75 Å². The van der Waals surface area contributed by atoms with E-state index in [0.29, 0.717) is 34.8 Å². The molecule has 8 heteroatoms. The van der Waals surface area contributed by atoms with E-state index < -0.39 is 0 Å². The number of ether oxygens (including phenoxy) is 1. The molecule has 0 unspecified atom stereocenters. The molecule has 0 N–H and O–H groups in total. The molecule has 0 spiro atoms. The van der Waals surface area contributed by atoms with Crippen LogP contribution in [0.4, 0.5) is 15.8 Å². The van der Waals surface area contributed by atoms with Crippen LogP contribution in [-0.4, -0.2) is 47.5 Å². The first-order valence-electron chi connectivity index (χ1n) is 14.6. The van der Waals surface area contributed by atoms with Crippen LogP contribution in [0.3, 0.4) is 0 Å². The standard InChI is InChI=1S/C33H36ClFN4O2/c1-3-30-33(39-20-25(34)8-15-32(39)36-30)31(40)14-7-24-6-9-27(18-29(24)35)37-16-17-38(22(2)19-37)26-10-12-28(13-11-26)41-21-23-4-5-23/h6,8-13,15,18,20,22-23H,3-5,7,14,16-17,19,21H2,1-2H3/t22-/m0/s1. The molecule has 4 aromatic rings. The van der Waals surface area contributed by atoms with Crippen molar-refractivity contribution in [2.24, 2.45) is 5.92 Å². The van der Waals surface area contributed by atoms with Crippen molar-refractivity contribution in [1.82, 2.24) is 9.38 Å². The number of piperazine rings is 1. The summed E-state index contributed by atoms with van der Waals surface area (Å²) in [6, 6.07) is 17.6. The number of benzene rings is 2. The van der Waals surface area contributed by atoms with Crippen LogP contribution in [0.25, 0.3) is 5.65 Å². The van der Waals surface area contributed by atoms with E-state index in [2.05, 4.69) is 46.0 Å². The molecule has 214 valence electrons. The van der Waals surface area contributed by atoms with Crippen molar-refractivity contribution in [2.45, 2.75) is 52.0 Å². The lowest BCUT2D eigenvalue weighted by molar-refractivity contribution is 0.0976. The minimum absolute atomic E-state index is 0.0625. The summed E-state index contributed by atoms with van der Waals surface area (Å²) in [6.45, 7) is 7.45. The number of rotatable bonds is 10. The van der Waals surface area contributed by atoms with E-state index in [1.807, 2.05) is 19.1 Å². The normalized spacial score (nSPS) is 17.3. The lowest BCUT2D eigenvalue weighted by Gasteiger charge is -2.42. The van der Waals surface area contributed by atoms with Gasteiger partial charge >= 0.3 is 0 Å². The van der Waals surface area contributed by atoms with Crippen molar-refractivity contribution in [2.75, 3.05) is 36.0 Å². The van der Waals surface area contributed by atoms with Gasteiger partial charge in [0.05, 0.1) is 17.3 Å². The highest BCUT2D eigenvalue weighted by atomic mass is 35.5. The zero-order valence-corrected chi connectivity index (χ0v) is 24.4. The largest absolute Gasteiger partial charge is 0.493 e. The van der Waals surface area contributed by atoms with Crippen LogP contribution in [0.15, 0.2) is 60.8 Å². The Morgan fingerprint density at radius 1 is 1.07 bits per heavy atom. The van der Waals surface area contributed by atoms with E-state index in [1.165, 1.54) is 18.5 Å². The maximum absolute atomic E-state index is 15.2. The average Bonchev–Trinajstić information content (AvgIpc) is 3.74. The second-order valence-electron chi connectivity index (χ2n) is 11.3. The Morgan fingerprint density at radius 3 is 2.56 bits per heavy atom. The molecule has 1 saturated carbocycles. The number of hydrogen-bond acceptors (Lipinski definition) is 5. The molecule has 1 aliphatic heterocycles. The predicted octanol–water partition coefficient (Wildman–Crippen LogP) is 7.01. The van der Waals surface area contributed by atoms with Crippen LogP contribution in [0.5, 0.6) is 5.75 Å². The maximum atomic E-state index is 15.2. The zero-order chi connectivity index (χ0) is 28.5. The number of anilines is 2. The first-order chi connectivity index (χ1) is 19.9. The summed E-state index contributed by atoms with van der Waals surface area (Å²) in [5.74, 6) is 1.33. The van der Waals surface area contributed by atoms with E-state index in [-0.39, 0.29) is 24.1 Å². The second-order valence-corrected chi connectivity index (χ2v) is 11.7. The summed E-state index contributed by atoms with van der Waals surface area (Å²) >= 11 is 6.17. The minimum Gasteiger partial charge on any atom is -0.493 e. The third-order valence-corrected chi connectivity index (χ3v) is 8.48. The van der Waals surface area contributed by atoms with Gasteiger partial charge in [-0.2, -0.15) is 0 Å². The van der Waals surface area contributed by atoms with Gasteiger partial charge in [0, 0.05) is 49.7 Å². The van der Waals surface area contributed by atoms with Crippen LogP contribution in [0.2, 0.25) is 5.02 Å². The molecule has 6 nitrogen and oxygen atoms in total. The number of carbonyl (C=O) groups is 1. The Labute approximate surface area is 245 Å². The highest BCUT2D eigenvalue weighted by molar-refractivity contribution is 6.30. The Bertz CT molecular complexity index is 1550. The highest BCUT2D eigenvalue weighted by Crippen LogP contribution is 2.31. The van der Waals surface area contributed by atoms with Gasteiger partial charge in [-0.15, -0.1) is 0 Å². The fourth-order valence-corrected chi connectivity index (χ4v) is 5.88. The monoisotopic (exact) mass is 574 g/mol. The Kier molecular flexibility index (Phi) is 7.89. The number of pyridine rings is 1.